The normalized spacial score (nSPS) is 16.9. The van der Waals surface area contributed by atoms with Crippen LogP contribution in [-0.2, 0) is 13.2 Å². The highest BCUT2D eigenvalue weighted by Crippen LogP contribution is 2.37. The van der Waals surface area contributed by atoms with E-state index in [2.05, 4.69) is 64.3 Å². The van der Waals surface area contributed by atoms with Crippen LogP contribution in [0.1, 0.15) is 43.4 Å². The molecular formula is C24H33BrN2O2. The van der Waals surface area contributed by atoms with Gasteiger partial charge in [0, 0.05) is 19.1 Å². The molecule has 1 aliphatic heterocycles. The van der Waals surface area contributed by atoms with Crippen LogP contribution < -0.4 is 14.8 Å². The van der Waals surface area contributed by atoms with E-state index in [1.165, 1.54) is 36.1 Å². The smallest absolute Gasteiger partial charge is 0.175 e. The molecule has 0 aliphatic carbocycles. The van der Waals surface area contributed by atoms with Gasteiger partial charge in [-0.25, -0.2) is 0 Å². The van der Waals surface area contributed by atoms with Crippen LogP contribution in [0.4, 0.5) is 0 Å². The maximum absolute atomic E-state index is 6.16. The second kappa shape index (κ2) is 11.0. The second-order valence-electron chi connectivity index (χ2n) is 7.61. The molecule has 1 N–H and O–H groups in total. The monoisotopic (exact) mass is 460 g/mol. The molecular weight excluding hydrogens is 428 g/mol. The van der Waals surface area contributed by atoms with Crippen molar-refractivity contribution in [3.63, 3.8) is 0 Å². The van der Waals surface area contributed by atoms with Gasteiger partial charge in [0.15, 0.2) is 11.5 Å². The number of hydrogen-bond donors (Lipinski definition) is 1. The van der Waals surface area contributed by atoms with Gasteiger partial charge in [-0.05, 0) is 84.5 Å². The average Bonchev–Trinajstić information content (AvgIpc) is 3.16. The Kier molecular flexibility index (Phi) is 8.40. The molecule has 0 spiro atoms. The summed E-state index contributed by atoms with van der Waals surface area (Å²) in [6.45, 7) is 11.7. The molecule has 158 valence electrons. The van der Waals surface area contributed by atoms with Gasteiger partial charge in [-0.1, -0.05) is 31.2 Å². The van der Waals surface area contributed by atoms with Crippen molar-refractivity contribution < 1.29 is 9.47 Å². The molecule has 2 aromatic rings. The predicted molar refractivity (Wildman–Crippen MR) is 123 cm³/mol. The zero-order chi connectivity index (χ0) is 20.6. The van der Waals surface area contributed by atoms with E-state index in [9.17, 15) is 0 Å². The molecule has 1 aliphatic rings. The van der Waals surface area contributed by atoms with Gasteiger partial charge in [-0.3, -0.25) is 4.90 Å². The van der Waals surface area contributed by atoms with E-state index < -0.39 is 0 Å². The molecule has 0 aromatic heterocycles. The number of nitrogens with one attached hydrogen (secondary N) is 1. The first-order valence-electron chi connectivity index (χ1n) is 10.7. The van der Waals surface area contributed by atoms with Crippen LogP contribution in [0.2, 0.25) is 0 Å². The molecule has 29 heavy (non-hydrogen) atoms. The Morgan fingerprint density at radius 1 is 1.17 bits per heavy atom. The molecule has 0 amide bonds. The number of benzene rings is 2. The second-order valence-corrected chi connectivity index (χ2v) is 8.46. The Bertz CT molecular complexity index is 796. The van der Waals surface area contributed by atoms with Crippen molar-refractivity contribution in [2.45, 2.75) is 52.8 Å². The predicted octanol–water partition coefficient (Wildman–Crippen LogP) is 5.31. The Labute approximate surface area is 183 Å². The molecule has 1 unspecified atom stereocenters. The van der Waals surface area contributed by atoms with E-state index in [1.807, 2.05) is 19.1 Å². The highest BCUT2D eigenvalue weighted by molar-refractivity contribution is 9.10. The van der Waals surface area contributed by atoms with Crippen LogP contribution >= 0.6 is 15.9 Å². The van der Waals surface area contributed by atoms with Crippen LogP contribution in [0.25, 0.3) is 0 Å². The molecule has 0 bridgehead atoms. The summed E-state index contributed by atoms with van der Waals surface area (Å²) in [6, 6.07) is 13.2. The topological polar surface area (TPSA) is 33.7 Å². The minimum absolute atomic E-state index is 0.525. The number of hydrogen-bond acceptors (Lipinski definition) is 4. The summed E-state index contributed by atoms with van der Waals surface area (Å²) in [5.74, 6) is 1.56. The molecule has 0 radical (unpaired) electrons. The Hall–Kier alpha value is -1.56. The summed E-state index contributed by atoms with van der Waals surface area (Å²) in [7, 11) is 0. The first-order valence-corrected chi connectivity index (χ1v) is 11.5. The number of halogens is 1. The van der Waals surface area contributed by atoms with E-state index in [4.69, 9.17) is 9.47 Å². The highest BCUT2D eigenvalue weighted by Gasteiger charge is 2.22. The van der Waals surface area contributed by atoms with Crippen molar-refractivity contribution in [2.75, 3.05) is 26.2 Å². The van der Waals surface area contributed by atoms with Crippen LogP contribution in [0, 0.1) is 6.92 Å². The minimum Gasteiger partial charge on any atom is -0.490 e. The van der Waals surface area contributed by atoms with Crippen molar-refractivity contribution in [1.29, 1.82) is 0 Å². The van der Waals surface area contributed by atoms with Gasteiger partial charge in [0.25, 0.3) is 0 Å². The number of ether oxygens (including phenoxy) is 2. The van der Waals surface area contributed by atoms with Gasteiger partial charge < -0.3 is 14.8 Å². The fourth-order valence-electron chi connectivity index (χ4n) is 3.97. The molecule has 1 heterocycles. The van der Waals surface area contributed by atoms with Gasteiger partial charge in [-0.15, -0.1) is 0 Å². The zero-order valence-corrected chi connectivity index (χ0v) is 19.4. The molecule has 1 saturated heterocycles. The Balaban J connectivity index is 1.65. The van der Waals surface area contributed by atoms with Gasteiger partial charge in [-0.2, -0.15) is 0 Å². The quantitative estimate of drug-likeness (QED) is 0.520. The van der Waals surface area contributed by atoms with E-state index in [0.717, 1.165) is 35.6 Å². The van der Waals surface area contributed by atoms with Crippen molar-refractivity contribution in [2.24, 2.45) is 0 Å². The van der Waals surface area contributed by atoms with Gasteiger partial charge in [0.1, 0.15) is 6.61 Å². The summed E-state index contributed by atoms with van der Waals surface area (Å²) in [5, 5.41) is 3.63. The number of likely N-dealkylation sites (N-methyl/N-ethyl adjacent to an activating group) is 1. The maximum Gasteiger partial charge on any atom is 0.175 e. The van der Waals surface area contributed by atoms with Crippen LogP contribution in [-0.4, -0.2) is 37.2 Å². The van der Waals surface area contributed by atoms with Gasteiger partial charge in [0.2, 0.25) is 0 Å². The first-order chi connectivity index (χ1) is 14.1. The highest BCUT2D eigenvalue weighted by atomic mass is 79.9. The number of likely N-dealkylation sites (tertiary alicyclic amines) is 1. The van der Waals surface area contributed by atoms with Crippen molar-refractivity contribution >= 4 is 15.9 Å². The third kappa shape index (κ3) is 5.97. The molecule has 2 aromatic carbocycles. The molecule has 4 nitrogen and oxygen atoms in total. The fraction of sp³-hybridized carbons (Fsp3) is 0.500. The van der Waals surface area contributed by atoms with Gasteiger partial charge >= 0.3 is 0 Å². The number of aryl methyl sites for hydroxylation is 1. The van der Waals surface area contributed by atoms with Crippen molar-refractivity contribution in [3.05, 3.63) is 57.6 Å². The van der Waals surface area contributed by atoms with Crippen LogP contribution in [0.5, 0.6) is 11.5 Å². The molecule has 5 heteroatoms. The van der Waals surface area contributed by atoms with Gasteiger partial charge in [0.05, 0.1) is 11.1 Å². The third-order valence-electron chi connectivity index (χ3n) is 5.62. The summed E-state index contributed by atoms with van der Waals surface area (Å²) in [6.07, 6.45) is 2.60. The SMILES string of the molecule is CCOc1cc(CNCC2CCCN2CC)cc(Br)c1OCc1ccccc1C. The zero-order valence-electron chi connectivity index (χ0n) is 17.8. The lowest BCUT2D eigenvalue weighted by atomic mass is 10.1. The third-order valence-corrected chi connectivity index (χ3v) is 6.21. The first kappa shape index (κ1) is 22.1. The molecule has 3 rings (SSSR count). The Morgan fingerprint density at radius 3 is 2.76 bits per heavy atom. The lowest BCUT2D eigenvalue weighted by Gasteiger charge is -2.23. The lowest BCUT2D eigenvalue weighted by molar-refractivity contribution is 0.259. The summed E-state index contributed by atoms with van der Waals surface area (Å²) in [4.78, 5) is 2.57. The van der Waals surface area contributed by atoms with Crippen molar-refractivity contribution in [1.82, 2.24) is 10.2 Å². The summed E-state index contributed by atoms with van der Waals surface area (Å²) >= 11 is 3.70. The van der Waals surface area contributed by atoms with Crippen molar-refractivity contribution in [3.8, 4) is 11.5 Å². The fourth-order valence-corrected chi connectivity index (χ4v) is 4.58. The van der Waals surface area contributed by atoms with E-state index in [-0.39, 0.29) is 0 Å². The largest absolute Gasteiger partial charge is 0.490 e. The minimum atomic E-state index is 0.525. The van der Waals surface area contributed by atoms with E-state index in [0.29, 0.717) is 19.3 Å². The molecule has 0 saturated carbocycles. The summed E-state index contributed by atoms with van der Waals surface area (Å²) < 4.78 is 13.0. The standard InChI is InChI=1S/C24H33BrN2O2/c1-4-27-12-8-11-21(27)16-26-15-19-13-22(25)24(23(14-19)28-5-2)29-17-20-10-7-6-9-18(20)3/h6-7,9-10,13-14,21,26H,4-5,8,11-12,15-17H2,1-3H3. The maximum atomic E-state index is 6.16. The van der Waals surface area contributed by atoms with E-state index >= 15 is 0 Å². The van der Waals surface area contributed by atoms with Crippen LogP contribution in [0.3, 0.4) is 0 Å². The molecule has 1 fully saturated rings. The van der Waals surface area contributed by atoms with Crippen LogP contribution in [0.15, 0.2) is 40.9 Å². The number of nitrogens with zero attached hydrogens (tertiary/aromatic N) is 1. The molecule has 1 atom stereocenters. The average molecular weight is 461 g/mol. The van der Waals surface area contributed by atoms with E-state index in [1.54, 1.807) is 0 Å². The Morgan fingerprint density at radius 2 is 2.00 bits per heavy atom. The summed E-state index contributed by atoms with van der Waals surface area (Å²) in [5.41, 5.74) is 3.62. The number of rotatable bonds is 10. The lowest BCUT2D eigenvalue weighted by Crippen LogP contribution is -2.37.